The quantitative estimate of drug-likeness (QED) is 0.840. The first-order chi connectivity index (χ1) is 10.3. The van der Waals surface area contributed by atoms with E-state index in [1.165, 1.54) is 24.0 Å². The lowest BCUT2D eigenvalue weighted by Crippen LogP contribution is -2.22. The summed E-state index contributed by atoms with van der Waals surface area (Å²) < 4.78 is 7.55. The number of ether oxygens (including phenoxy) is 1. The van der Waals surface area contributed by atoms with Crippen molar-refractivity contribution < 1.29 is 4.74 Å². The van der Waals surface area contributed by atoms with Crippen LogP contribution in [0.2, 0.25) is 0 Å². The summed E-state index contributed by atoms with van der Waals surface area (Å²) in [6.45, 7) is 4.10. The summed E-state index contributed by atoms with van der Waals surface area (Å²) in [5.41, 5.74) is 2.69. The van der Waals surface area contributed by atoms with Crippen LogP contribution in [-0.4, -0.2) is 18.2 Å². The lowest BCUT2D eigenvalue weighted by molar-refractivity contribution is 0.414. The molecule has 0 amide bonds. The van der Waals surface area contributed by atoms with Crippen LogP contribution < -0.4 is 10.1 Å². The van der Waals surface area contributed by atoms with Gasteiger partial charge in [0.15, 0.2) is 0 Å². The number of nitrogens with zero attached hydrogens (tertiary/aromatic N) is 1. The smallest absolute Gasteiger partial charge is 0.119 e. The Morgan fingerprint density at radius 3 is 2.90 bits per heavy atom. The highest BCUT2D eigenvalue weighted by molar-refractivity contribution is 5.29. The first-order valence-electron chi connectivity index (χ1n) is 7.82. The van der Waals surface area contributed by atoms with E-state index in [0.29, 0.717) is 6.04 Å². The molecule has 0 aliphatic heterocycles. The van der Waals surface area contributed by atoms with Gasteiger partial charge in [-0.15, -0.1) is 0 Å². The van der Waals surface area contributed by atoms with Gasteiger partial charge in [0, 0.05) is 25.0 Å². The molecule has 3 nitrogen and oxygen atoms in total. The molecule has 0 radical (unpaired) electrons. The average molecular weight is 284 g/mol. The van der Waals surface area contributed by atoms with Gasteiger partial charge in [0.25, 0.3) is 0 Å². The number of methoxy groups -OCH3 is 1. The molecule has 2 aromatic rings. The molecule has 1 aliphatic rings. The van der Waals surface area contributed by atoms with E-state index in [4.69, 9.17) is 4.74 Å². The highest BCUT2D eigenvalue weighted by Gasteiger charge is 2.31. The molecule has 1 atom stereocenters. The third-order valence-corrected chi connectivity index (χ3v) is 4.15. The van der Waals surface area contributed by atoms with Crippen molar-refractivity contribution in [1.29, 1.82) is 0 Å². The lowest BCUT2D eigenvalue weighted by atomic mass is 10.1. The third kappa shape index (κ3) is 3.48. The normalized spacial score (nSPS) is 15.9. The van der Waals surface area contributed by atoms with Gasteiger partial charge in [-0.25, -0.2) is 0 Å². The van der Waals surface area contributed by atoms with Gasteiger partial charge in [-0.2, -0.15) is 0 Å². The first-order valence-corrected chi connectivity index (χ1v) is 7.82. The summed E-state index contributed by atoms with van der Waals surface area (Å²) >= 11 is 0. The van der Waals surface area contributed by atoms with Gasteiger partial charge in [0.2, 0.25) is 0 Å². The van der Waals surface area contributed by atoms with E-state index in [1.54, 1.807) is 7.11 Å². The highest BCUT2D eigenvalue weighted by Crippen LogP contribution is 2.41. The van der Waals surface area contributed by atoms with Crippen molar-refractivity contribution in [2.24, 2.45) is 5.92 Å². The average Bonchev–Trinajstić information content (AvgIpc) is 3.25. The van der Waals surface area contributed by atoms with E-state index in [-0.39, 0.29) is 0 Å². The van der Waals surface area contributed by atoms with Gasteiger partial charge in [-0.3, -0.25) is 0 Å². The van der Waals surface area contributed by atoms with E-state index in [9.17, 15) is 0 Å². The second-order valence-electron chi connectivity index (χ2n) is 5.84. The summed E-state index contributed by atoms with van der Waals surface area (Å²) in [6.07, 6.45) is 7.18. The number of rotatable bonds is 7. The minimum Gasteiger partial charge on any atom is -0.497 e. The van der Waals surface area contributed by atoms with Gasteiger partial charge in [-0.05, 0) is 54.6 Å². The molecule has 0 saturated heterocycles. The molecular weight excluding hydrogens is 260 g/mol. The zero-order valence-electron chi connectivity index (χ0n) is 12.9. The first kappa shape index (κ1) is 14.2. The fraction of sp³-hybridized carbons (Fsp3) is 0.444. The van der Waals surface area contributed by atoms with Gasteiger partial charge >= 0.3 is 0 Å². The maximum atomic E-state index is 5.29. The number of hydrogen-bond acceptors (Lipinski definition) is 2. The highest BCUT2D eigenvalue weighted by atomic mass is 16.5. The molecule has 1 aromatic carbocycles. The van der Waals surface area contributed by atoms with Crippen LogP contribution in [-0.2, 0) is 6.54 Å². The van der Waals surface area contributed by atoms with Crippen molar-refractivity contribution in [3.63, 3.8) is 0 Å². The van der Waals surface area contributed by atoms with Crippen molar-refractivity contribution in [2.75, 3.05) is 13.7 Å². The molecule has 21 heavy (non-hydrogen) atoms. The molecule has 3 rings (SSSR count). The number of aromatic nitrogens is 1. The molecule has 3 heteroatoms. The molecule has 1 aliphatic carbocycles. The third-order valence-electron chi connectivity index (χ3n) is 4.15. The fourth-order valence-electron chi connectivity index (χ4n) is 2.93. The van der Waals surface area contributed by atoms with E-state index >= 15 is 0 Å². The Kier molecular flexibility index (Phi) is 4.30. The summed E-state index contributed by atoms with van der Waals surface area (Å²) in [6, 6.07) is 11.1. The SMILES string of the molecule is CCNC(c1ccn(Cc2cccc(OC)c2)c1)C1CC1. The Balaban J connectivity index is 1.71. The van der Waals surface area contributed by atoms with Gasteiger partial charge in [0.1, 0.15) is 5.75 Å². The Morgan fingerprint density at radius 1 is 1.33 bits per heavy atom. The van der Waals surface area contributed by atoms with E-state index in [1.807, 2.05) is 12.1 Å². The van der Waals surface area contributed by atoms with E-state index < -0.39 is 0 Å². The predicted molar refractivity (Wildman–Crippen MR) is 85.7 cm³/mol. The lowest BCUT2D eigenvalue weighted by Gasteiger charge is -2.15. The summed E-state index contributed by atoms with van der Waals surface area (Å²) in [7, 11) is 1.71. The standard InChI is InChI=1S/C18H24N2O/c1-3-19-18(15-7-8-15)16-9-10-20(13-16)12-14-5-4-6-17(11-14)21-2/h4-6,9-11,13,15,18-19H,3,7-8,12H2,1-2H3. The number of benzene rings is 1. The molecule has 112 valence electrons. The molecular formula is C18H24N2O. The van der Waals surface area contributed by atoms with Gasteiger partial charge in [-0.1, -0.05) is 19.1 Å². The van der Waals surface area contributed by atoms with Crippen molar-refractivity contribution >= 4 is 0 Å². The Hall–Kier alpha value is -1.74. The zero-order valence-corrected chi connectivity index (χ0v) is 12.9. The van der Waals surface area contributed by atoms with Crippen molar-refractivity contribution in [3.05, 3.63) is 53.9 Å². The molecule has 1 aromatic heterocycles. The van der Waals surface area contributed by atoms with Crippen LogP contribution in [0.1, 0.15) is 36.9 Å². The summed E-state index contributed by atoms with van der Waals surface area (Å²) in [4.78, 5) is 0. The van der Waals surface area contributed by atoms with Crippen molar-refractivity contribution in [1.82, 2.24) is 9.88 Å². The monoisotopic (exact) mass is 284 g/mol. The molecule has 1 N–H and O–H groups in total. The van der Waals surface area contributed by atoms with Crippen LogP contribution in [0.4, 0.5) is 0 Å². The zero-order chi connectivity index (χ0) is 14.7. The molecule has 0 spiro atoms. The Bertz CT molecular complexity index is 586. The molecule has 1 saturated carbocycles. The fourth-order valence-corrected chi connectivity index (χ4v) is 2.93. The predicted octanol–water partition coefficient (Wildman–Crippen LogP) is 3.61. The van der Waals surface area contributed by atoms with E-state index in [2.05, 4.69) is 47.4 Å². The summed E-state index contributed by atoms with van der Waals surface area (Å²) in [5, 5.41) is 3.62. The van der Waals surface area contributed by atoms with Crippen LogP contribution in [0.5, 0.6) is 5.75 Å². The van der Waals surface area contributed by atoms with E-state index in [0.717, 1.165) is 24.8 Å². The second-order valence-corrected chi connectivity index (χ2v) is 5.84. The second kappa shape index (κ2) is 6.35. The van der Waals surface area contributed by atoms with Crippen LogP contribution in [0.3, 0.4) is 0 Å². The van der Waals surface area contributed by atoms with Gasteiger partial charge in [0.05, 0.1) is 7.11 Å². The number of hydrogen-bond donors (Lipinski definition) is 1. The molecule has 1 fully saturated rings. The molecule has 1 unspecified atom stereocenters. The Labute approximate surface area is 126 Å². The number of nitrogens with one attached hydrogen (secondary N) is 1. The van der Waals surface area contributed by atoms with Gasteiger partial charge < -0.3 is 14.6 Å². The van der Waals surface area contributed by atoms with Crippen LogP contribution in [0.15, 0.2) is 42.7 Å². The summed E-state index contributed by atoms with van der Waals surface area (Å²) in [5.74, 6) is 1.75. The van der Waals surface area contributed by atoms with Crippen LogP contribution in [0.25, 0.3) is 0 Å². The molecule has 1 heterocycles. The largest absolute Gasteiger partial charge is 0.497 e. The minimum absolute atomic E-state index is 0.529. The van der Waals surface area contributed by atoms with Crippen LogP contribution >= 0.6 is 0 Å². The van der Waals surface area contributed by atoms with Crippen molar-refractivity contribution in [3.8, 4) is 5.75 Å². The van der Waals surface area contributed by atoms with Crippen molar-refractivity contribution in [2.45, 2.75) is 32.4 Å². The maximum Gasteiger partial charge on any atom is 0.119 e. The minimum atomic E-state index is 0.529. The van der Waals surface area contributed by atoms with Crippen LogP contribution in [0, 0.1) is 5.92 Å². The maximum absolute atomic E-state index is 5.29. The molecule has 0 bridgehead atoms. The topological polar surface area (TPSA) is 26.2 Å². The Morgan fingerprint density at radius 2 is 2.19 bits per heavy atom.